The van der Waals surface area contributed by atoms with Gasteiger partial charge in [0.05, 0.1) is 12.7 Å². The summed E-state index contributed by atoms with van der Waals surface area (Å²) in [6, 6.07) is 1.19. The summed E-state index contributed by atoms with van der Waals surface area (Å²) in [7, 11) is 0. The van der Waals surface area contributed by atoms with Crippen LogP contribution in [0.2, 0.25) is 0 Å². The minimum atomic E-state index is 0.390. The van der Waals surface area contributed by atoms with Gasteiger partial charge in [0.2, 0.25) is 0 Å². The molecule has 90 valence electrons. The summed E-state index contributed by atoms with van der Waals surface area (Å²) in [6.07, 6.45) is 1.58. The van der Waals surface area contributed by atoms with Gasteiger partial charge in [-0.3, -0.25) is 4.90 Å². The lowest BCUT2D eigenvalue weighted by Gasteiger charge is -2.39. The number of likely N-dealkylation sites (N-methyl/N-ethyl adjacent to an activating group) is 1. The fourth-order valence-corrected chi connectivity index (χ4v) is 2.28. The molecular weight excluding hydrogens is 188 g/mol. The fourth-order valence-electron chi connectivity index (χ4n) is 2.28. The predicted octanol–water partition coefficient (Wildman–Crippen LogP) is 1.48. The van der Waals surface area contributed by atoms with Crippen LogP contribution in [0.25, 0.3) is 0 Å². The van der Waals surface area contributed by atoms with Gasteiger partial charge in [-0.05, 0) is 26.8 Å². The number of rotatable bonds is 5. The van der Waals surface area contributed by atoms with E-state index in [2.05, 4.69) is 37.9 Å². The highest BCUT2D eigenvalue weighted by Gasteiger charge is 2.26. The Morgan fingerprint density at radius 2 is 2.20 bits per heavy atom. The van der Waals surface area contributed by atoms with Crippen LogP contribution in [0, 0.1) is 0 Å². The van der Waals surface area contributed by atoms with Crippen molar-refractivity contribution in [3.8, 4) is 0 Å². The van der Waals surface area contributed by atoms with Crippen LogP contribution in [-0.2, 0) is 4.74 Å². The minimum absolute atomic E-state index is 0.390. The van der Waals surface area contributed by atoms with E-state index in [9.17, 15) is 0 Å². The Morgan fingerprint density at radius 1 is 1.47 bits per heavy atom. The summed E-state index contributed by atoms with van der Waals surface area (Å²) in [5.41, 5.74) is 0. The molecule has 3 atom stereocenters. The first-order valence-electron chi connectivity index (χ1n) is 6.26. The molecule has 0 aromatic heterocycles. The third-order valence-electron chi connectivity index (χ3n) is 3.11. The Labute approximate surface area is 94.2 Å². The predicted molar refractivity (Wildman–Crippen MR) is 64.2 cm³/mol. The summed E-state index contributed by atoms with van der Waals surface area (Å²) in [4.78, 5) is 2.57. The summed E-state index contributed by atoms with van der Waals surface area (Å²) in [5, 5.41) is 3.47. The van der Waals surface area contributed by atoms with Gasteiger partial charge in [-0.1, -0.05) is 13.8 Å². The number of hydrogen-bond acceptors (Lipinski definition) is 3. The first-order chi connectivity index (χ1) is 7.17. The van der Waals surface area contributed by atoms with Gasteiger partial charge < -0.3 is 10.1 Å². The molecule has 1 aliphatic rings. The maximum absolute atomic E-state index is 5.69. The second kappa shape index (κ2) is 6.46. The van der Waals surface area contributed by atoms with Gasteiger partial charge in [-0.15, -0.1) is 0 Å². The maximum Gasteiger partial charge on any atom is 0.0674 e. The van der Waals surface area contributed by atoms with E-state index in [4.69, 9.17) is 4.74 Å². The van der Waals surface area contributed by atoms with Gasteiger partial charge in [0.25, 0.3) is 0 Å². The molecule has 0 aliphatic carbocycles. The van der Waals surface area contributed by atoms with Crippen LogP contribution < -0.4 is 5.32 Å². The van der Waals surface area contributed by atoms with Crippen molar-refractivity contribution in [1.29, 1.82) is 0 Å². The quantitative estimate of drug-likeness (QED) is 0.750. The third-order valence-corrected chi connectivity index (χ3v) is 3.11. The number of nitrogens with one attached hydrogen (secondary N) is 1. The molecule has 1 heterocycles. The molecule has 1 aliphatic heterocycles. The Morgan fingerprint density at radius 3 is 2.80 bits per heavy atom. The van der Waals surface area contributed by atoms with E-state index >= 15 is 0 Å². The lowest BCUT2D eigenvalue weighted by atomic mass is 10.1. The summed E-state index contributed by atoms with van der Waals surface area (Å²) in [5.74, 6) is 0. The lowest BCUT2D eigenvalue weighted by Crippen LogP contribution is -2.52. The fraction of sp³-hybridized carbons (Fsp3) is 1.00. The van der Waals surface area contributed by atoms with Gasteiger partial charge in [-0.2, -0.15) is 0 Å². The van der Waals surface area contributed by atoms with E-state index in [0.717, 1.165) is 26.2 Å². The van der Waals surface area contributed by atoms with E-state index < -0.39 is 0 Å². The normalized spacial score (nSPS) is 30.4. The highest BCUT2D eigenvalue weighted by molar-refractivity contribution is 4.80. The first-order valence-corrected chi connectivity index (χ1v) is 6.26. The van der Waals surface area contributed by atoms with Crippen molar-refractivity contribution >= 4 is 0 Å². The number of nitrogens with zero attached hydrogens (tertiary/aromatic N) is 1. The largest absolute Gasteiger partial charge is 0.376 e. The van der Waals surface area contributed by atoms with Crippen LogP contribution >= 0.6 is 0 Å². The highest BCUT2D eigenvalue weighted by Crippen LogP contribution is 2.14. The Balaban J connectivity index is 2.40. The third kappa shape index (κ3) is 4.09. The van der Waals surface area contributed by atoms with Crippen molar-refractivity contribution in [3.63, 3.8) is 0 Å². The molecule has 1 N–H and O–H groups in total. The second-order valence-electron chi connectivity index (χ2n) is 4.62. The molecule has 3 heteroatoms. The van der Waals surface area contributed by atoms with E-state index in [1.165, 1.54) is 6.42 Å². The van der Waals surface area contributed by atoms with Crippen LogP contribution in [0.3, 0.4) is 0 Å². The lowest BCUT2D eigenvalue weighted by molar-refractivity contribution is -0.0578. The standard InChI is InChI=1S/C12H26N2O/c1-5-12-9-15-11(4)8-14(12)7-10(3)13-6-2/h10-13H,5-9H2,1-4H3. The topological polar surface area (TPSA) is 24.5 Å². The van der Waals surface area contributed by atoms with Gasteiger partial charge >= 0.3 is 0 Å². The van der Waals surface area contributed by atoms with Crippen molar-refractivity contribution in [1.82, 2.24) is 10.2 Å². The molecule has 0 aromatic carbocycles. The van der Waals surface area contributed by atoms with E-state index in [1.807, 2.05) is 0 Å². The summed E-state index contributed by atoms with van der Waals surface area (Å²) >= 11 is 0. The zero-order valence-electron chi connectivity index (χ0n) is 10.6. The zero-order valence-corrected chi connectivity index (χ0v) is 10.6. The Hall–Kier alpha value is -0.120. The van der Waals surface area contributed by atoms with Crippen molar-refractivity contribution in [2.45, 2.75) is 52.3 Å². The Bertz CT molecular complexity index is 175. The molecule has 0 aromatic rings. The van der Waals surface area contributed by atoms with E-state index in [-0.39, 0.29) is 0 Å². The molecule has 1 fully saturated rings. The second-order valence-corrected chi connectivity index (χ2v) is 4.62. The zero-order chi connectivity index (χ0) is 11.3. The summed E-state index contributed by atoms with van der Waals surface area (Å²) in [6.45, 7) is 13.0. The average Bonchev–Trinajstić information content (AvgIpc) is 2.18. The van der Waals surface area contributed by atoms with Crippen LogP contribution in [0.15, 0.2) is 0 Å². The number of hydrogen-bond donors (Lipinski definition) is 1. The number of ether oxygens (including phenoxy) is 1. The highest BCUT2D eigenvalue weighted by atomic mass is 16.5. The molecule has 0 radical (unpaired) electrons. The molecule has 1 rings (SSSR count). The molecular formula is C12H26N2O. The number of morpholine rings is 1. The monoisotopic (exact) mass is 214 g/mol. The van der Waals surface area contributed by atoms with Gasteiger partial charge in [0.15, 0.2) is 0 Å². The van der Waals surface area contributed by atoms with E-state index in [0.29, 0.717) is 18.2 Å². The summed E-state index contributed by atoms with van der Waals surface area (Å²) < 4.78 is 5.69. The van der Waals surface area contributed by atoms with Crippen LogP contribution in [0.4, 0.5) is 0 Å². The minimum Gasteiger partial charge on any atom is -0.376 e. The molecule has 0 amide bonds. The van der Waals surface area contributed by atoms with Crippen molar-refractivity contribution in [3.05, 3.63) is 0 Å². The molecule has 0 spiro atoms. The van der Waals surface area contributed by atoms with Crippen molar-refractivity contribution < 1.29 is 4.74 Å². The Kier molecular flexibility index (Phi) is 5.58. The van der Waals surface area contributed by atoms with Crippen molar-refractivity contribution in [2.24, 2.45) is 0 Å². The molecule has 15 heavy (non-hydrogen) atoms. The SMILES string of the molecule is CCNC(C)CN1CC(C)OCC1CC. The molecule has 3 unspecified atom stereocenters. The first kappa shape index (κ1) is 12.9. The molecule has 0 saturated carbocycles. The van der Waals surface area contributed by atoms with Gasteiger partial charge in [-0.25, -0.2) is 0 Å². The van der Waals surface area contributed by atoms with Crippen LogP contribution in [-0.4, -0.2) is 49.3 Å². The average molecular weight is 214 g/mol. The van der Waals surface area contributed by atoms with Crippen LogP contribution in [0.1, 0.15) is 34.1 Å². The van der Waals surface area contributed by atoms with Gasteiger partial charge in [0.1, 0.15) is 0 Å². The molecule has 0 bridgehead atoms. The maximum atomic E-state index is 5.69. The smallest absolute Gasteiger partial charge is 0.0674 e. The van der Waals surface area contributed by atoms with Gasteiger partial charge in [0, 0.05) is 25.2 Å². The molecule has 1 saturated heterocycles. The molecule has 3 nitrogen and oxygen atoms in total. The van der Waals surface area contributed by atoms with E-state index in [1.54, 1.807) is 0 Å². The van der Waals surface area contributed by atoms with Crippen LogP contribution in [0.5, 0.6) is 0 Å². The van der Waals surface area contributed by atoms with Crippen molar-refractivity contribution in [2.75, 3.05) is 26.2 Å².